The van der Waals surface area contributed by atoms with Gasteiger partial charge in [0.1, 0.15) is 11.5 Å². The summed E-state index contributed by atoms with van der Waals surface area (Å²) in [5, 5.41) is 2.81. The van der Waals surface area contributed by atoms with Crippen LogP contribution in [-0.2, 0) is 27.9 Å². The highest BCUT2D eigenvalue weighted by molar-refractivity contribution is 7.84. The molecule has 8 heteroatoms. The van der Waals surface area contributed by atoms with Gasteiger partial charge in [-0.05, 0) is 62.5 Å². The Balaban J connectivity index is 1.25. The lowest BCUT2D eigenvalue weighted by atomic mass is 10.1. The van der Waals surface area contributed by atoms with Gasteiger partial charge in [-0.1, -0.05) is 6.42 Å². The summed E-state index contributed by atoms with van der Waals surface area (Å²) in [6.07, 6.45) is 8.85. The first-order chi connectivity index (χ1) is 14.7. The highest BCUT2D eigenvalue weighted by Gasteiger charge is 2.11. The molecule has 1 N–H and O–H groups in total. The smallest absolute Gasteiger partial charge is 0.232 e. The molecule has 7 nitrogen and oxygen atoms in total. The zero-order valence-corrected chi connectivity index (χ0v) is 18.2. The van der Waals surface area contributed by atoms with Crippen LogP contribution in [0.1, 0.15) is 43.4 Å². The minimum atomic E-state index is -1.26. The number of furan rings is 1. The first kappa shape index (κ1) is 22.5. The van der Waals surface area contributed by atoms with Crippen LogP contribution in [0.2, 0.25) is 0 Å². The average molecular weight is 434 g/mol. The van der Waals surface area contributed by atoms with Crippen LogP contribution in [0.4, 0.5) is 0 Å². The molecule has 0 aromatic carbocycles. The molecule has 1 amide bonds. The molecule has 2 aromatic rings. The van der Waals surface area contributed by atoms with Gasteiger partial charge in [0.05, 0.1) is 18.6 Å². The highest BCUT2D eigenvalue weighted by Crippen LogP contribution is 2.15. The Morgan fingerprint density at radius 2 is 2.10 bits per heavy atom. The van der Waals surface area contributed by atoms with Gasteiger partial charge in [0, 0.05) is 36.2 Å². The number of hydrogen-bond acceptors (Lipinski definition) is 6. The third kappa shape index (κ3) is 8.28. The quantitative estimate of drug-likeness (QED) is 0.518. The van der Waals surface area contributed by atoms with E-state index >= 15 is 0 Å². The van der Waals surface area contributed by atoms with Crippen LogP contribution in [0, 0.1) is 0 Å². The molecule has 30 heavy (non-hydrogen) atoms. The number of carbonyl (C=O) groups excluding carboxylic acids is 1. The molecule has 1 atom stereocenters. The number of piperidine rings is 1. The van der Waals surface area contributed by atoms with Crippen LogP contribution in [0.3, 0.4) is 0 Å². The minimum Gasteiger partial charge on any atom is -0.478 e. The second kappa shape index (κ2) is 12.5. The summed E-state index contributed by atoms with van der Waals surface area (Å²) < 4.78 is 22.8. The van der Waals surface area contributed by atoms with E-state index < -0.39 is 10.8 Å². The lowest BCUT2D eigenvalue weighted by Crippen LogP contribution is -2.29. The Hall–Kier alpha value is -2.19. The fourth-order valence-electron chi connectivity index (χ4n) is 3.44. The van der Waals surface area contributed by atoms with Crippen molar-refractivity contribution in [2.45, 2.75) is 44.4 Å². The van der Waals surface area contributed by atoms with Crippen LogP contribution in [0.5, 0.6) is 5.88 Å². The van der Waals surface area contributed by atoms with Gasteiger partial charge in [0.25, 0.3) is 0 Å². The zero-order chi connectivity index (χ0) is 21.0. The molecule has 1 aliphatic rings. The lowest BCUT2D eigenvalue weighted by Gasteiger charge is -2.26. The van der Waals surface area contributed by atoms with Crippen molar-refractivity contribution in [3.8, 4) is 5.88 Å². The molecule has 0 spiro atoms. The van der Waals surface area contributed by atoms with Crippen molar-refractivity contribution in [2.75, 3.05) is 32.0 Å². The van der Waals surface area contributed by atoms with Crippen molar-refractivity contribution >= 4 is 16.7 Å². The third-order valence-electron chi connectivity index (χ3n) is 4.97. The predicted molar refractivity (Wildman–Crippen MR) is 117 cm³/mol. The Bertz CT molecular complexity index is 791. The third-order valence-corrected chi connectivity index (χ3v) is 6.16. The second-order valence-electron chi connectivity index (χ2n) is 7.55. The van der Waals surface area contributed by atoms with Gasteiger partial charge < -0.3 is 14.5 Å². The molecule has 2 aromatic heterocycles. The average Bonchev–Trinajstić information content (AvgIpc) is 3.24. The predicted octanol–water partition coefficient (Wildman–Crippen LogP) is 2.88. The van der Waals surface area contributed by atoms with E-state index in [1.54, 1.807) is 18.3 Å². The van der Waals surface area contributed by atoms with Crippen molar-refractivity contribution in [3.63, 3.8) is 0 Å². The van der Waals surface area contributed by atoms with E-state index in [2.05, 4.69) is 15.2 Å². The summed E-state index contributed by atoms with van der Waals surface area (Å²) >= 11 is 0. The minimum absolute atomic E-state index is 0.00900. The molecule has 3 heterocycles. The van der Waals surface area contributed by atoms with E-state index in [1.165, 1.54) is 44.2 Å². The van der Waals surface area contributed by atoms with Gasteiger partial charge in [-0.25, -0.2) is 4.98 Å². The topological polar surface area (TPSA) is 84.7 Å². The SMILES string of the molecule is O=C(C[S@@](=O)Cc1ccco1)NCCCCOc1cc(CN2CCCCC2)ccn1. The maximum atomic E-state index is 11.9. The van der Waals surface area contributed by atoms with Crippen LogP contribution >= 0.6 is 0 Å². The number of pyridine rings is 1. The summed E-state index contributed by atoms with van der Waals surface area (Å²) in [5.74, 6) is 1.34. The lowest BCUT2D eigenvalue weighted by molar-refractivity contribution is -0.118. The number of hydrogen-bond donors (Lipinski definition) is 1. The van der Waals surface area contributed by atoms with Crippen LogP contribution < -0.4 is 10.1 Å². The van der Waals surface area contributed by atoms with Crippen molar-refractivity contribution in [1.29, 1.82) is 0 Å². The van der Waals surface area contributed by atoms with Gasteiger partial charge in [0.2, 0.25) is 11.8 Å². The van der Waals surface area contributed by atoms with Gasteiger partial charge in [-0.15, -0.1) is 0 Å². The maximum absolute atomic E-state index is 11.9. The molecule has 1 fully saturated rings. The van der Waals surface area contributed by atoms with Crippen molar-refractivity contribution in [2.24, 2.45) is 0 Å². The summed E-state index contributed by atoms with van der Waals surface area (Å²) in [6.45, 7) is 4.39. The molecule has 0 unspecified atom stereocenters. The van der Waals surface area contributed by atoms with Crippen LogP contribution in [0.15, 0.2) is 41.1 Å². The van der Waals surface area contributed by atoms with Gasteiger partial charge in [-0.2, -0.15) is 0 Å². The number of aromatic nitrogens is 1. The summed E-state index contributed by atoms with van der Waals surface area (Å²) in [6, 6.07) is 7.57. The second-order valence-corrected chi connectivity index (χ2v) is 9.01. The summed E-state index contributed by atoms with van der Waals surface area (Å²) in [7, 11) is -1.26. The number of ether oxygens (including phenoxy) is 1. The molecule has 3 rings (SSSR count). The molecule has 0 bridgehead atoms. The van der Waals surface area contributed by atoms with E-state index in [1.807, 2.05) is 12.1 Å². The number of likely N-dealkylation sites (tertiary alicyclic amines) is 1. The molecule has 1 aliphatic heterocycles. The van der Waals surface area contributed by atoms with E-state index in [9.17, 15) is 9.00 Å². The van der Waals surface area contributed by atoms with Gasteiger partial charge >= 0.3 is 0 Å². The van der Waals surface area contributed by atoms with Crippen molar-refractivity contribution in [3.05, 3.63) is 48.0 Å². The monoisotopic (exact) mass is 433 g/mol. The normalized spacial score (nSPS) is 15.6. The van der Waals surface area contributed by atoms with Crippen LogP contribution in [0.25, 0.3) is 0 Å². The first-order valence-electron chi connectivity index (χ1n) is 10.6. The molecular formula is C22H31N3O4S. The van der Waals surface area contributed by atoms with E-state index in [4.69, 9.17) is 9.15 Å². The van der Waals surface area contributed by atoms with E-state index in [0.29, 0.717) is 24.8 Å². The fourth-order valence-corrected chi connectivity index (χ4v) is 4.41. The number of unbranched alkanes of at least 4 members (excludes halogenated alkanes) is 1. The van der Waals surface area contributed by atoms with Gasteiger partial charge in [-0.3, -0.25) is 13.9 Å². The summed E-state index contributed by atoms with van der Waals surface area (Å²) in [4.78, 5) is 18.6. The Morgan fingerprint density at radius 1 is 1.23 bits per heavy atom. The molecule has 0 saturated carbocycles. The molecule has 0 radical (unpaired) electrons. The summed E-state index contributed by atoms with van der Waals surface area (Å²) in [5.41, 5.74) is 1.23. The number of rotatable bonds is 12. The fraction of sp³-hybridized carbons (Fsp3) is 0.545. The first-order valence-corrected chi connectivity index (χ1v) is 12.1. The standard InChI is InChI=1S/C22H31N3O4S/c26-21(18-30(27)17-20-7-6-14-28-20)23-9-2-5-13-29-22-15-19(8-10-24-22)16-25-11-3-1-4-12-25/h6-8,10,14-15H,1-5,9,11-13,16-18H2,(H,23,26)/t30-/m0/s1. The Kier molecular flexibility index (Phi) is 9.37. The molecular weight excluding hydrogens is 402 g/mol. The number of nitrogens with one attached hydrogen (secondary N) is 1. The largest absolute Gasteiger partial charge is 0.478 e. The van der Waals surface area contributed by atoms with Crippen molar-refractivity contribution < 1.29 is 18.2 Å². The van der Waals surface area contributed by atoms with E-state index in [0.717, 1.165) is 19.4 Å². The van der Waals surface area contributed by atoms with Gasteiger partial charge in [0.15, 0.2) is 0 Å². The Morgan fingerprint density at radius 3 is 2.90 bits per heavy atom. The van der Waals surface area contributed by atoms with E-state index in [-0.39, 0.29) is 17.4 Å². The molecule has 1 saturated heterocycles. The number of amides is 1. The molecule has 0 aliphatic carbocycles. The number of nitrogens with zero attached hydrogens (tertiary/aromatic N) is 2. The van der Waals surface area contributed by atoms with Crippen LogP contribution in [-0.4, -0.2) is 52.0 Å². The van der Waals surface area contributed by atoms with Crippen molar-refractivity contribution in [1.82, 2.24) is 15.2 Å². The Labute approximate surface area is 180 Å². The number of carbonyl (C=O) groups is 1. The maximum Gasteiger partial charge on any atom is 0.232 e. The zero-order valence-electron chi connectivity index (χ0n) is 17.4. The highest BCUT2D eigenvalue weighted by atomic mass is 32.2. The molecule has 164 valence electrons.